The Morgan fingerprint density at radius 2 is 0.509 bits per heavy atom. The summed E-state index contributed by atoms with van der Waals surface area (Å²) in [4.78, 5) is 105. The van der Waals surface area contributed by atoms with Crippen LogP contribution in [0.2, 0.25) is 0 Å². The zero-order valence-electron chi connectivity index (χ0n) is 62.5. The lowest BCUT2D eigenvalue weighted by Crippen LogP contribution is -2.56. The fourth-order valence-electron chi connectivity index (χ4n) is 15.7. The maximum atomic E-state index is 16.7. The minimum Gasteiger partial charge on any atom is -0.457 e. The first-order valence-corrected chi connectivity index (χ1v) is 37.9. The van der Waals surface area contributed by atoms with Crippen LogP contribution in [0.1, 0.15) is 114 Å². The van der Waals surface area contributed by atoms with Crippen LogP contribution in [0.3, 0.4) is 0 Å². The molecule has 0 saturated carbocycles. The Balaban J connectivity index is 1.05. The average Bonchev–Trinajstić information content (AvgIpc) is 0.670. The topological polar surface area (TPSA) is 233 Å². The second kappa shape index (κ2) is 32.5. The summed E-state index contributed by atoms with van der Waals surface area (Å²) < 4.78 is 29.2. The maximum absolute atomic E-state index is 16.7. The summed E-state index contributed by atoms with van der Waals surface area (Å²) in [7, 11) is 0. The van der Waals surface area contributed by atoms with Crippen LogP contribution in [0.15, 0.2) is 243 Å². The molecular weight excluding hydrogens is 1410 g/mol. The number of amides is 6. The molecular formula is C94H84N4O14. The van der Waals surface area contributed by atoms with Gasteiger partial charge < -0.3 is 49.2 Å². The number of ether oxygens (including phenoxy) is 4. The van der Waals surface area contributed by atoms with Crippen LogP contribution in [-0.2, 0) is 61.5 Å². The van der Waals surface area contributed by atoms with Gasteiger partial charge in [0.05, 0.1) is 22.3 Å². The number of nitrogens with zero attached hydrogens (tertiary/aromatic N) is 4. The van der Waals surface area contributed by atoms with Crippen molar-refractivity contribution in [3.05, 3.63) is 309 Å². The number of hydrogen-bond acceptors (Lipinski definition) is 14. The molecule has 2 aliphatic heterocycles. The summed E-state index contributed by atoms with van der Waals surface area (Å²) in [6, 6.07) is 69.7. The molecule has 4 N–H and O–H groups in total. The lowest BCUT2D eigenvalue weighted by atomic mass is 9.80. The average molecular weight is 1490 g/mol. The van der Waals surface area contributed by atoms with E-state index in [0.29, 0.717) is 25.7 Å². The standard InChI is InChI=1S/C94H84N4O14/c1-57(2)87(93(107)95(53-63-17-9-5-10-18-63)54-64-19-11-6-12-20-64)97-89(103)71-49-75(109-67-33-25-59(26-34-67)41-45-99)81-83-77(111-69-37-29-61(30-38-69)43-47-101)51-73-80-74(92(106)98(91(73)105)88(58(3)4)94(108)96(55-65-21-13-7-14-22-65)56-66-23-15-8-16-24-66)52-78(112-70-39-31-62(32-40-70)44-48-102)84(86(80)83)82-76(50-72(90(97)104)79(71)85(81)82)110-68-35-27-60(28-36-68)42-46-100/h5-40,49-52,57-58,87-88,99-102H,41-48,53-56H2,1-4H3. The van der Waals surface area contributed by atoms with Crippen LogP contribution < -0.4 is 18.9 Å². The third-order valence-electron chi connectivity index (χ3n) is 21.0. The van der Waals surface area contributed by atoms with Crippen molar-refractivity contribution in [2.75, 3.05) is 26.4 Å². The van der Waals surface area contributed by atoms with Crippen LogP contribution in [0.5, 0.6) is 46.0 Å². The predicted molar refractivity (Wildman–Crippen MR) is 429 cm³/mol. The van der Waals surface area contributed by atoms with Gasteiger partial charge in [0, 0.05) is 95.7 Å². The highest BCUT2D eigenvalue weighted by Crippen LogP contribution is 2.58. The summed E-state index contributed by atoms with van der Waals surface area (Å²) in [5, 5.41) is 42.1. The van der Waals surface area contributed by atoms with E-state index in [-0.39, 0.29) is 164 Å². The Bertz CT molecular complexity index is 5000. The first-order valence-electron chi connectivity index (χ1n) is 37.9. The molecule has 0 spiro atoms. The number of aliphatic hydroxyl groups is 4. The molecule has 2 aliphatic rings. The van der Waals surface area contributed by atoms with Gasteiger partial charge >= 0.3 is 0 Å². The van der Waals surface area contributed by atoms with Gasteiger partial charge in [-0.15, -0.1) is 0 Å². The van der Waals surface area contributed by atoms with Gasteiger partial charge in [-0.1, -0.05) is 198 Å². The van der Waals surface area contributed by atoms with E-state index >= 15 is 28.8 Å². The first kappa shape index (κ1) is 74.9. The Hall–Kier alpha value is -12.6. The minimum atomic E-state index is -1.41. The fourth-order valence-corrected chi connectivity index (χ4v) is 15.7. The maximum Gasteiger partial charge on any atom is 0.262 e. The normalized spacial score (nSPS) is 13.3. The van der Waals surface area contributed by atoms with Crippen LogP contribution in [0.4, 0.5) is 0 Å². The van der Waals surface area contributed by atoms with Crippen LogP contribution in [-0.4, -0.2) is 114 Å². The van der Waals surface area contributed by atoms with E-state index in [4.69, 9.17) is 18.9 Å². The van der Waals surface area contributed by atoms with Crippen molar-refractivity contribution in [3.63, 3.8) is 0 Å². The van der Waals surface area contributed by atoms with Crippen molar-refractivity contribution < 1.29 is 68.1 Å². The fraction of sp³-hybridized carbons (Fsp3) is 0.213. The number of carbonyl (C=O) groups excluding carboxylic acids is 6. The number of rotatable bonds is 30. The van der Waals surface area contributed by atoms with Gasteiger partial charge in [0.25, 0.3) is 23.6 Å². The number of aliphatic hydroxyl groups excluding tert-OH is 4. The Labute approximate surface area is 648 Å². The molecule has 2 atom stereocenters. The molecule has 564 valence electrons. The van der Waals surface area contributed by atoms with Crippen molar-refractivity contribution in [1.82, 2.24) is 19.6 Å². The zero-order chi connectivity index (χ0) is 77.8. The molecule has 18 nitrogen and oxygen atoms in total. The molecule has 15 rings (SSSR count). The van der Waals surface area contributed by atoms with Gasteiger partial charge in [-0.2, -0.15) is 0 Å². The Morgan fingerprint density at radius 3 is 0.705 bits per heavy atom. The van der Waals surface area contributed by atoms with Crippen molar-refractivity contribution in [2.24, 2.45) is 11.8 Å². The van der Waals surface area contributed by atoms with Gasteiger partial charge in [-0.3, -0.25) is 38.6 Å². The van der Waals surface area contributed by atoms with Gasteiger partial charge in [-0.25, -0.2) is 0 Å². The van der Waals surface area contributed by atoms with Crippen molar-refractivity contribution in [1.29, 1.82) is 0 Å². The van der Waals surface area contributed by atoms with E-state index in [1.54, 1.807) is 159 Å². The molecule has 13 aromatic carbocycles. The molecule has 0 fully saturated rings. The molecule has 0 aromatic heterocycles. The third kappa shape index (κ3) is 14.8. The molecule has 0 saturated heterocycles. The smallest absolute Gasteiger partial charge is 0.262 e. The van der Waals surface area contributed by atoms with E-state index in [9.17, 15) is 20.4 Å². The Morgan fingerprint density at radius 1 is 0.295 bits per heavy atom. The first-order chi connectivity index (χ1) is 54.5. The summed E-state index contributed by atoms with van der Waals surface area (Å²) in [6.07, 6.45) is 1.32. The quantitative estimate of drug-likeness (QED) is 0.0186. The minimum absolute atomic E-state index is 0.0221. The van der Waals surface area contributed by atoms with Crippen molar-refractivity contribution in [2.45, 2.75) is 91.6 Å². The summed E-state index contributed by atoms with van der Waals surface area (Å²) in [6.45, 7) is 7.20. The molecule has 2 heterocycles. The van der Waals surface area contributed by atoms with E-state index < -0.39 is 59.4 Å². The van der Waals surface area contributed by atoms with E-state index in [0.717, 1.165) is 54.3 Å². The number of fused-ring (bicyclic) bond motifs is 2. The van der Waals surface area contributed by atoms with Crippen molar-refractivity contribution >= 4 is 78.5 Å². The zero-order valence-corrected chi connectivity index (χ0v) is 62.5. The van der Waals surface area contributed by atoms with Gasteiger partial charge in [0.1, 0.15) is 58.1 Å². The van der Waals surface area contributed by atoms with Crippen LogP contribution >= 0.6 is 0 Å². The van der Waals surface area contributed by atoms with E-state index in [1.165, 1.54) is 0 Å². The second-order valence-corrected chi connectivity index (χ2v) is 29.2. The van der Waals surface area contributed by atoms with Gasteiger partial charge in [0.2, 0.25) is 11.8 Å². The summed E-state index contributed by atoms with van der Waals surface area (Å²) in [5.74, 6) is -4.43. The predicted octanol–water partition coefficient (Wildman–Crippen LogP) is 16.7. The second-order valence-electron chi connectivity index (χ2n) is 29.2. The molecule has 2 unspecified atom stereocenters. The molecule has 0 bridgehead atoms. The largest absolute Gasteiger partial charge is 0.457 e. The number of hydrogen-bond donors (Lipinski definition) is 4. The highest BCUT2D eigenvalue weighted by Gasteiger charge is 2.48. The molecule has 0 aliphatic carbocycles. The molecule has 18 heteroatoms. The van der Waals surface area contributed by atoms with E-state index in [1.807, 2.05) is 121 Å². The molecule has 0 radical (unpaired) electrons. The Kier molecular flexibility index (Phi) is 21.8. The SMILES string of the molecule is CC(C)C(C(=O)N(Cc1ccccc1)Cc1ccccc1)N1C(=O)c2cc(Oc3ccc(CCO)cc3)c3c4c(Oc5ccc(CCO)cc5)cc5c6c(cc(Oc7ccc(CCO)cc7)c(c7c(Oc8ccc(CCO)cc8)cc(c2c37)C1=O)c64)C(=O)N(C(C(=O)N(Cc1ccccc1)Cc1ccccc1)C(C)C)C5=O. The van der Waals surface area contributed by atoms with Crippen molar-refractivity contribution in [3.8, 4) is 46.0 Å². The molecule has 6 amide bonds. The highest BCUT2D eigenvalue weighted by molar-refractivity contribution is 6.45. The van der Waals surface area contributed by atoms with Crippen LogP contribution in [0, 0.1) is 11.8 Å². The number of carbonyl (C=O) groups is 6. The van der Waals surface area contributed by atoms with Gasteiger partial charge in [-0.05, 0) is 155 Å². The van der Waals surface area contributed by atoms with Gasteiger partial charge in [0.15, 0.2) is 0 Å². The van der Waals surface area contributed by atoms with Crippen LogP contribution in [0.25, 0.3) is 43.1 Å². The third-order valence-corrected chi connectivity index (χ3v) is 21.0. The highest BCUT2D eigenvalue weighted by atomic mass is 16.5. The molecule has 13 aromatic rings. The van der Waals surface area contributed by atoms with E-state index in [2.05, 4.69) is 0 Å². The monoisotopic (exact) mass is 1490 g/mol. The lowest BCUT2D eigenvalue weighted by molar-refractivity contribution is -0.138. The number of benzene rings is 13. The summed E-state index contributed by atoms with van der Waals surface area (Å²) in [5.41, 5.74) is 6.31. The molecule has 112 heavy (non-hydrogen) atoms. The lowest BCUT2D eigenvalue weighted by Gasteiger charge is -2.39. The summed E-state index contributed by atoms with van der Waals surface area (Å²) >= 11 is 0. The number of imide groups is 2.